The van der Waals surface area contributed by atoms with E-state index in [-0.39, 0.29) is 6.42 Å². The van der Waals surface area contributed by atoms with E-state index in [4.69, 9.17) is 0 Å². The normalized spacial score (nSPS) is 15.8. The van der Waals surface area contributed by atoms with Gasteiger partial charge in [0.15, 0.2) is 0 Å². The highest BCUT2D eigenvalue weighted by atomic mass is 19.4. The van der Waals surface area contributed by atoms with Crippen molar-refractivity contribution < 1.29 is 17.6 Å². The number of pyridine rings is 1. The minimum atomic E-state index is -4.92. The van der Waals surface area contributed by atoms with E-state index < -0.39 is 24.0 Å². The summed E-state index contributed by atoms with van der Waals surface area (Å²) in [5.41, 5.74) is -3.89. The van der Waals surface area contributed by atoms with Gasteiger partial charge in [0.05, 0.1) is 5.69 Å². The number of halogens is 4. The maximum Gasteiger partial charge on any atom is 0.428 e. The summed E-state index contributed by atoms with van der Waals surface area (Å²) in [6.45, 7) is 1.72. The molecule has 1 rings (SSSR count). The highest BCUT2D eigenvalue weighted by Crippen LogP contribution is 2.45. The molecule has 0 saturated carbocycles. The third-order valence-corrected chi connectivity index (χ3v) is 2.40. The Hall–Kier alpha value is -1.13. The Kier molecular flexibility index (Phi) is 3.88. The van der Waals surface area contributed by atoms with Crippen LogP contribution in [0.25, 0.3) is 0 Å². The van der Waals surface area contributed by atoms with Crippen molar-refractivity contribution in [3.8, 4) is 0 Å². The van der Waals surface area contributed by atoms with Gasteiger partial charge in [-0.15, -0.1) is 0 Å². The molecule has 0 spiro atoms. The van der Waals surface area contributed by atoms with Gasteiger partial charge in [-0.05, 0) is 25.0 Å². The molecule has 0 saturated heterocycles. The number of alkyl halides is 4. The molecule has 0 bridgehead atoms. The number of nitrogens with zero attached hydrogens (tertiary/aromatic N) is 1. The Morgan fingerprint density at radius 1 is 1.19 bits per heavy atom. The molecule has 16 heavy (non-hydrogen) atoms. The number of aromatic nitrogens is 1. The number of hydrogen-bond acceptors (Lipinski definition) is 1. The number of unbranched alkanes of at least 4 members (excludes halogenated alkanes) is 1. The van der Waals surface area contributed by atoms with Gasteiger partial charge in [-0.3, -0.25) is 4.98 Å². The SMILES string of the molecule is CCCCC(F)(c1ccccn1)C(F)(F)F. The molecule has 0 aliphatic rings. The molecule has 0 N–H and O–H groups in total. The van der Waals surface area contributed by atoms with Gasteiger partial charge in [-0.1, -0.05) is 19.4 Å². The van der Waals surface area contributed by atoms with Gasteiger partial charge in [0.25, 0.3) is 0 Å². The summed E-state index contributed by atoms with van der Waals surface area (Å²) in [6, 6.07) is 3.89. The molecule has 5 heteroatoms. The lowest BCUT2D eigenvalue weighted by Gasteiger charge is -2.27. The van der Waals surface area contributed by atoms with E-state index in [9.17, 15) is 17.6 Å². The molecule has 0 fully saturated rings. The summed E-state index contributed by atoms with van der Waals surface area (Å²) in [6.07, 6.45) is -3.65. The van der Waals surface area contributed by atoms with Gasteiger partial charge >= 0.3 is 6.18 Å². The van der Waals surface area contributed by atoms with Crippen LogP contribution in [0.1, 0.15) is 31.9 Å². The van der Waals surface area contributed by atoms with E-state index in [1.54, 1.807) is 6.92 Å². The number of rotatable bonds is 4. The van der Waals surface area contributed by atoms with Crippen LogP contribution in [-0.4, -0.2) is 11.2 Å². The van der Waals surface area contributed by atoms with E-state index in [2.05, 4.69) is 4.98 Å². The Morgan fingerprint density at radius 2 is 1.88 bits per heavy atom. The molecule has 1 heterocycles. The minimum absolute atomic E-state index is 0.173. The summed E-state index contributed by atoms with van der Waals surface area (Å²) >= 11 is 0. The lowest BCUT2D eigenvalue weighted by molar-refractivity contribution is -0.240. The lowest BCUT2D eigenvalue weighted by atomic mass is 9.94. The molecule has 1 aromatic heterocycles. The molecule has 90 valence electrons. The predicted octanol–water partition coefficient (Wildman–Crippen LogP) is 4.00. The van der Waals surface area contributed by atoms with Crippen molar-refractivity contribution in [3.63, 3.8) is 0 Å². The van der Waals surface area contributed by atoms with E-state index in [1.807, 2.05) is 0 Å². The highest BCUT2D eigenvalue weighted by Gasteiger charge is 2.57. The zero-order chi connectivity index (χ0) is 12.2. The van der Waals surface area contributed by atoms with Crippen molar-refractivity contribution in [3.05, 3.63) is 30.1 Å². The molecular weight excluding hydrogens is 222 g/mol. The van der Waals surface area contributed by atoms with Crippen LogP contribution < -0.4 is 0 Å². The Labute approximate surface area is 91.5 Å². The standard InChI is InChI=1S/C11H13F4N/c1-2-3-7-10(12,11(13,14)15)9-6-4-5-8-16-9/h4-6,8H,2-3,7H2,1H3. The Bertz CT molecular complexity index is 323. The van der Waals surface area contributed by atoms with Gasteiger partial charge in [0, 0.05) is 6.20 Å². The molecule has 0 aliphatic heterocycles. The van der Waals surface area contributed by atoms with Crippen LogP contribution in [-0.2, 0) is 5.67 Å². The first-order chi connectivity index (χ1) is 7.42. The second kappa shape index (κ2) is 4.80. The number of hydrogen-bond donors (Lipinski definition) is 0. The molecular formula is C11H13F4N. The second-order valence-corrected chi connectivity index (χ2v) is 3.62. The van der Waals surface area contributed by atoms with E-state index in [0.717, 1.165) is 6.07 Å². The van der Waals surface area contributed by atoms with Crippen molar-refractivity contribution in [1.82, 2.24) is 4.98 Å². The Morgan fingerprint density at radius 3 is 2.31 bits per heavy atom. The van der Waals surface area contributed by atoms with Crippen LogP contribution in [0.4, 0.5) is 17.6 Å². The van der Waals surface area contributed by atoms with Crippen molar-refractivity contribution in [2.75, 3.05) is 0 Å². The van der Waals surface area contributed by atoms with Crippen LogP contribution >= 0.6 is 0 Å². The van der Waals surface area contributed by atoms with Crippen LogP contribution in [0.5, 0.6) is 0 Å². The molecule has 1 unspecified atom stereocenters. The van der Waals surface area contributed by atoms with Crippen molar-refractivity contribution in [2.45, 2.75) is 38.0 Å². The van der Waals surface area contributed by atoms with Crippen LogP contribution in [0.3, 0.4) is 0 Å². The summed E-state index contributed by atoms with van der Waals surface area (Å²) in [4.78, 5) is 3.48. The zero-order valence-corrected chi connectivity index (χ0v) is 8.89. The molecule has 1 atom stereocenters. The quantitative estimate of drug-likeness (QED) is 0.719. The van der Waals surface area contributed by atoms with E-state index in [1.165, 1.54) is 18.3 Å². The third-order valence-electron chi connectivity index (χ3n) is 2.40. The fourth-order valence-corrected chi connectivity index (χ4v) is 1.43. The second-order valence-electron chi connectivity index (χ2n) is 3.62. The zero-order valence-electron chi connectivity index (χ0n) is 8.89. The minimum Gasteiger partial charge on any atom is -0.258 e. The van der Waals surface area contributed by atoms with E-state index >= 15 is 0 Å². The van der Waals surface area contributed by atoms with Gasteiger partial charge in [-0.25, -0.2) is 4.39 Å². The largest absolute Gasteiger partial charge is 0.428 e. The third kappa shape index (κ3) is 2.51. The average Bonchev–Trinajstić information content (AvgIpc) is 2.25. The maximum absolute atomic E-state index is 14.0. The first-order valence-corrected chi connectivity index (χ1v) is 5.09. The topological polar surface area (TPSA) is 12.9 Å². The van der Waals surface area contributed by atoms with Gasteiger partial charge in [-0.2, -0.15) is 13.2 Å². The molecule has 0 radical (unpaired) electrons. The van der Waals surface area contributed by atoms with Crippen LogP contribution in [0.15, 0.2) is 24.4 Å². The smallest absolute Gasteiger partial charge is 0.258 e. The monoisotopic (exact) mass is 235 g/mol. The van der Waals surface area contributed by atoms with Crippen LogP contribution in [0, 0.1) is 0 Å². The summed E-state index contributed by atoms with van der Waals surface area (Å²) in [5.74, 6) is 0. The highest BCUT2D eigenvalue weighted by molar-refractivity contribution is 5.15. The average molecular weight is 235 g/mol. The van der Waals surface area contributed by atoms with E-state index in [0.29, 0.717) is 6.42 Å². The summed E-state index contributed by atoms with van der Waals surface area (Å²) < 4.78 is 52.1. The molecule has 1 nitrogen and oxygen atoms in total. The maximum atomic E-state index is 14.0. The van der Waals surface area contributed by atoms with Gasteiger partial charge in [0.1, 0.15) is 0 Å². The molecule has 0 aromatic carbocycles. The summed E-state index contributed by atoms with van der Waals surface area (Å²) in [7, 11) is 0. The van der Waals surface area contributed by atoms with Crippen LogP contribution in [0.2, 0.25) is 0 Å². The molecule has 0 aliphatic carbocycles. The van der Waals surface area contributed by atoms with Gasteiger partial charge < -0.3 is 0 Å². The first-order valence-electron chi connectivity index (χ1n) is 5.09. The fourth-order valence-electron chi connectivity index (χ4n) is 1.43. The first kappa shape index (κ1) is 12.9. The molecule has 1 aromatic rings. The summed E-state index contributed by atoms with van der Waals surface area (Å²) in [5, 5.41) is 0. The lowest BCUT2D eigenvalue weighted by Crippen LogP contribution is -2.38. The Balaban J connectivity index is 3.05. The molecule has 0 amide bonds. The van der Waals surface area contributed by atoms with Crippen molar-refractivity contribution >= 4 is 0 Å². The van der Waals surface area contributed by atoms with Crippen molar-refractivity contribution in [1.29, 1.82) is 0 Å². The fraction of sp³-hybridized carbons (Fsp3) is 0.545. The predicted molar refractivity (Wildman–Crippen MR) is 52.6 cm³/mol. The van der Waals surface area contributed by atoms with Crippen molar-refractivity contribution in [2.24, 2.45) is 0 Å². The van der Waals surface area contributed by atoms with Gasteiger partial charge in [0.2, 0.25) is 5.67 Å².